The molecule has 5 N–H and O–H groups in total. The number of carbonyl (C=O) groups excluding carboxylic acids is 2. The van der Waals surface area contributed by atoms with Gasteiger partial charge in [0, 0.05) is 18.8 Å². The molecular formula is C13H17FN4O3. The van der Waals surface area contributed by atoms with Gasteiger partial charge in [-0.25, -0.2) is 4.39 Å². The number of hydrogen-bond donors (Lipinski definition) is 3. The zero-order chi connectivity index (χ0) is 15.4. The molecule has 7 nitrogen and oxygen atoms in total. The summed E-state index contributed by atoms with van der Waals surface area (Å²) >= 11 is 0. The van der Waals surface area contributed by atoms with Gasteiger partial charge in [0.15, 0.2) is 0 Å². The van der Waals surface area contributed by atoms with E-state index in [0.717, 1.165) is 0 Å². The van der Waals surface area contributed by atoms with E-state index in [-0.39, 0.29) is 24.7 Å². The summed E-state index contributed by atoms with van der Waals surface area (Å²) in [6.45, 7) is 0.707. The van der Waals surface area contributed by atoms with Crippen molar-refractivity contribution in [2.45, 2.75) is 6.04 Å². The summed E-state index contributed by atoms with van der Waals surface area (Å²) in [6, 6.07) is 3.22. The van der Waals surface area contributed by atoms with E-state index in [1.807, 2.05) is 0 Å². The van der Waals surface area contributed by atoms with Crippen molar-refractivity contribution < 1.29 is 18.7 Å². The third-order valence-corrected chi connectivity index (χ3v) is 3.10. The molecule has 0 bridgehead atoms. The van der Waals surface area contributed by atoms with Gasteiger partial charge in [0.2, 0.25) is 5.91 Å². The van der Waals surface area contributed by atoms with Gasteiger partial charge < -0.3 is 26.4 Å². The molecule has 1 fully saturated rings. The van der Waals surface area contributed by atoms with Gasteiger partial charge in [-0.15, -0.1) is 0 Å². The maximum Gasteiger partial charge on any atom is 0.253 e. The van der Waals surface area contributed by atoms with Crippen LogP contribution in [0.2, 0.25) is 0 Å². The van der Waals surface area contributed by atoms with E-state index in [1.165, 1.54) is 17.0 Å². The summed E-state index contributed by atoms with van der Waals surface area (Å²) in [7, 11) is 0. The highest BCUT2D eigenvalue weighted by molar-refractivity contribution is 5.97. The smallest absolute Gasteiger partial charge is 0.253 e. The number of morpholine rings is 1. The van der Waals surface area contributed by atoms with Crippen LogP contribution in [0.4, 0.5) is 15.8 Å². The Morgan fingerprint density at radius 2 is 2.29 bits per heavy atom. The third-order valence-electron chi connectivity index (χ3n) is 3.10. The Hall–Kier alpha value is -2.03. The number of anilines is 2. The number of hydrogen-bond acceptors (Lipinski definition) is 5. The van der Waals surface area contributed by atoms with E-state index in [2.05, 4.69) is 5.32 Å². The molecule has 2 amide bonds. The van der Waals surface area contributed by atoms with Crippen LogP contribution < -0.4 is 21.7 Å². The molecule has 1 aromatic carbocycles. The third kappa shape index (κ3) is 3.54. The van der Waals surface area contributed by atoms with Crippen LogP contribution in [0, 0.1) is 5.82 Å². The van der Waals surface area contributed by atoms with Crippen molar-refractivity contribution in [3.63, 3.8) is 0 Å². The first-order valence-electron chi connectivity index (χ1n) is 6.47. The Morgan fingerprint density at radius 1 is 1.52 bits per heavy atom. The first-order chi connectivity index (χ1) is 10.0. The number of benzene rings is 1. The Bertz CT molecular complexity index is 552. The van der Waals surface area contributed by atoms with Gasteiger partial charge in [-0.1, -0.05) is 0 Å². The Balaban J connectivity index is 2.13. The molecule has 0 radical (unpaired) electrons. The number of ether oxygens (including phenoxy) is 1. The maximum atomic E-state index is 14.0. The normalized spacial score (nSPS) is 16.7. The van der Waals surface area contributed by atoms with Crippen LogP contribution in [0.5, 0.6) is 0 Å². The molecule has 0 unspecified atom stereocenters. The van der Waals surface area contributed by atoms with Gasteiger partial charge in [-0.2, -0.15) is 0 Å². The zero-order valence-electron chi connectivity index (χ0n) is 11.3. The van der Waals surface area contributed by atoms with Crippen molar-refractivity contribution in [2.24, 2.45) is 11.5 Å². The fourth-order valence-electron chi connectivity index (χ4n) is 1.90. The molecule has 0 spiro atoms. The fourth-order valence-corrected chi connectivity index (χ4v) is 1.90. The van der Waals surface area contributed by atoms with Crippen LogP contribution in [0.3, 0.4) is 0 Å². The van der Waals surface area contributed by atoms with Crippen molar-refractivity contribution >= 4 is 23.2 Å². The molecular weight excluding hydrogens is 279 g/mol. The molecule has 0 aromatic heterocycles. The molecule has 8 heteroatoms. The zero-order valence-corrected chi connectivity index (χ0v) is 11.3. The predicted octanol–water partition coefficient (Wildman–Crippen LogP) is -0.587. The lowest BCUT2D eigenvalue weighted by Crippen LogP contribution is -2.42. The van der Waals surface area contributed by atoms with Crippen molar-refractivity contribution in [1.82, 2.24) is 0 Å². The summed E-state index contributed by atoms with van der Waals surface area (Å²) in [4.78, 5) is 24.7. The van der Waals surface area contributed by atoms with Gasteiger partial charge in [-0.3, -0.25) is 9.59 Å². The lowest BCUT2D eigenvalue weighted by molar-refractivity contribution is -0.125. The number of carbonyl (C=O) groups is 2. The molecule has 1 aliphatic heterocycles. The van der Waals surface area contributed by atoms with Gasteiger partial charge in [-0.05, 0) is 18.2 Å². The standard InChI is InChI=1S/C13H17FN4O3/c14-9-5-8(18-3-4-21-7-12(18)19)1-2-11(9)17-13(20)10(16)6-15/h1-2,5,10H,3-4,6-7,15-16H2,(H,17,20)/t10-/m0/s1. The highest BCUT2D eigenvalue weighted by atomic mass is 19.1. The van der Waals surface area contributed by atoms with Crippen LogP contribution in [0.1, 0.15) is 0 Å². The summed E-state index contributed by atoms with van der Waals surface area (Å²) < 4.78 is 19.0. The molecule has 0 aliphatic carbocycles. The van der Waals surface area contributed by atoms with Crippen LogP contribution in [-0.4, -0.2) is 44.2 Å². The van der Waals surface area contributed by atoms with Crippen molar-refractivity contribution in [1.29, 1.82) is 0 Å². The lowest BCUT2D eigenvalue weighted by Gasteiger charge is -2.27. The second-order valence-electron chi connectivity index (χ2n) is 4.59. The number of halogens is 1. The van der Waals surface area contributed by atoms with Crippen LogP contribution in [0.25, 0.3) is 0 Å². The van der Waals surface area contributed by atoms with Gasteiger partial charge in [0.1, 0.15) is 12.4 Å². The fraction of sp³-hybridized carbons (Fsp3) is 0.385. The summed E-state index contributed by atoms with van der Waals surface area (Å²) in [5, 5.41) is 2.36. The minimum absolute atomic E-state index is 0.00615. The van der Waals surface area contributed by atoms with E-state index in [0.29, 0.717) is 18.8 Å². The molecule has 1 aromatic rings. The number of nitrogens with zero attached hydrogens (tertiary/aromatic N) is 1. The molecule has 114 valence electrons. The Labute approximate surface area is 121 Å². The monoisotopic (exact) mass is 296 g/mol. The van der Waals surface area contributed by atoms with Crippen LogP contribution in [0.15, 0.2) is 18.2 Å². The van der Waals surface area contributed by atoms with Gasteiger partial charge in [0.25, 0.3) is 5.91 Å². The summed E-state index contributed by atoms with van der Waals surface area (Å²) in [5.74, 6) is -1.45. The largest absolute Gasteiger partial charge is 0.370 e. The van der Waals surface area contributed by atoms with E-state index in [4.69, 9.17) is 16.2 Å². The molecule has 1 saturated heterocycles. The predicted molar refractivity (Wildman–Crippen MR) is 75.2 cm³/mol. The van der Waals surface area contributed by atoms with E-state index in [1.54, 1.807) is 6.07 Å². The van der Waals surface area contributed by atoms with Crippen molar-refractivity contribution in [3.05, 3.63) is 24.0 Å². The van der Waals surface area contributed by atoms with E-state index >= 15 is 0 Å². The van der Waals surface area contributed by atoms with Crippen LogP contribution >= 0.6 is 0 Å². The molecule has 21 heavy (non-hydrogen) atoms. The number of amides is 2. The molecule has 1 heterocycles. The van der Waals surface area contributed by atoms with Crippen molar-refractivity contribution in [3.8, 4) is 0 Å². The molecule has 0 saturated carbocycles. The molecule has 1 aliphatic rings. The molecule has 2 rings (SSSR count). The number of nitrogens with one attached hydrogen (secondary N) is 1. The maximum absolute atomic E-state index is 14.0. The Morgan fingerprint density at radius 3 is 2.90 bits per heavy atom. The van der Waals surface area contributed by atoms with E-state index in [9.17, 15) is 14.0 Å². The average Bonchev–Trinajstić information content (AvgIpc) is 2.49. The molecule has 1 atom stereocenters. The summed E-state index contributed by atoms with van der Waals surface area (Å²) in [5.41, 5.74) is 11.1. The van der Waals surface area contributed by atoms with Crippen LogP contribution in [-0.2, 0) is 14.3 Å². The second-order valence-corrected chi connectivity index (χ2v) is 4.59. The highest BCUT2D eigenvalue weighted by Crippen LogP contribution is 2.23. The van der Waals surface area contributed by atoms with Gasteiger partial charge in [0.05, 0.1) is 18.3 Å². The van der Waals surface area contributed by atoms with Crippen molar-refractivity contribution in [2.75, 3.05) is 36.5 Å². The minimum atomic E-state index is -0.898. The number of rotatable bonds is 4. The number of nitrogens with two attached hydrogens (primary N) is 2. The van der Waals surface area contributed by atoms with Gasteiger partial charge >= 0.3 is 0 Å². The average molecular weight is 296 g/mol. The lowest BCUT2D eigenvalue weighted by atomic mass is 10.2. The Kier molecular flexibility index (Phi) is 4.84. The first kappa shape index (κ1) is 15.4. The topological polar surface area (TPSA) is 111 Å². The first-order valence-corrected chi connectivity index (χ1v) is 6.47. The summed E-state index contributed by atoms with van der Waals surface area (Å²) in [6.07, 6.45) is 0. The quantitative estimate of drug-likeness (QED) is 0.688. The highest BCUT2D eigenvalue weighted by Gasteiger charge is 2.21. The minimum Gasteiger partial charge on any atom is -0.370 e. The SMILES string of the molecule is NC[C@H](N)C(=O)Nc1ccc(N2CCOCC2=O)cc1F. The van der Waals surface area contributed by atoms with E-state index < -0.39 is 17.8 Å². The second kappa shape index (κ2) is 6.61.